The van der Waals surface area contributed by atoms with Gasteiger partial charge in [0.1, 0.15) is 0 Å². The van der Waals surface area contributed by atoms with Crippen molar-refractivity contribution in [1.82, 2.24) is 5.32 Å². The van der Waals surface area contributed by atoms with E-state index in [2.05, 4.69) is 10.6 Å². The molecule has 0 saturated heterocycles. The Balaban J connectivity index is 2.67. The lowest BCUT2D eigenvalue weighted by Gasteiger charge is -2.01. The minimum atomic E-state index is 0.0288. The van der Waals surface area contributed by atoms with Crippen LogP contribution in [0.3, 0.4) is 0 Å². The van der Waals surface area contributed by atoms with Crippen molar-refractivity contribution in [2.75, 3.05) is 25.5 Å². The average Bonchev–Trinajstić information content (AvgIpc) is 2.32. The summed E-state index contributed by atoms with van der Waals surface area (Å²) in [5.74, 6) is 0. The van der Waals surface area contributed by atoms with Gasteiger partial charge in [-0.15, -0.1) is 0 Å². The van der Waals surface area contributed by atoms with Crippen LogP contribution in [0.5, 0.6) is 0 Å². The zero-order chi connectivity index (χ0) is 9.52. The van der Waals surface area contributed by atoms with Crippen molar-refractivity contribution in [3.8, 4) is 0 Å². The molecule has 0 heterocycles. The van der Waals surface area contributed by atoms with Crippen LogP contribution in [0.15, 0.2) is 35.1 Å². The van der Waals surface area contributed by atoms with Gasteiger partial charge in [0, 0.05) is 13.1 Å². The summed E-state index contributed by atoms with van der Waals surface area (Å²) in [4.78, 5) is 11.3. The molecule has 0 amide bonds. The fourth-order valence-corrected chi connectivity index (χ4v) is 0.999. The van der Waals surface area contributed by atoms with Crippen molar-refractivity contribution in [3.05, 3.63) is 40.6 Å². The van der Waals surface area contributed by atoms with Crippen molar-refractivity contribution < 1.29 is 0 Å². The lowest BCUT2D eigenvalue weighted by atomic mass is 10.4. The number of likely N-dealkylation sites (N-methyl/N-ethyl adjacent to an activating group) is 1. The normalized spacial score (nSPS) is 9.62. The van der Waals surface area contributed by atoms with Crippen LogP contribution in [0.1, 0.15) is 0 Å². The summed E-state index contributed by atoms with van der Waals surface area (Å²) in [5, 5.41) is 6.06. The first-order valence-electron chi connectivity index (χ1n) is 4.32. The van der Waals surface area contributed by atoms with Crippen molar-refractivity contribution in [2.24, 2.45) is 0 Å². The highest BCUT2D eigenvalue weighted by Crippen LogP contribution is 1.94. The first-order valence-corrected chi connectivity index (χ1v) is 4.32. The number of nitrogens with one attached hydrogen (secondary N) is 2. The van der Waals surface area contributed by atoms with Crippen molar-refractivity contribution in [2.45, 2.75) is 0 Å². The maximum atomic E-state index is 11.3. The first kappa shape index (κ1) is 9.74. The molecule has 0 spiro atoms. The predicted molar refractivity (Wildman–Crippen MR) is 55.1 cm³/mol. The summed E-state index contributed by atoms with van der Waals surface area (Å²) >= 11 is 0. The summed E-state index contributed by atoms with van der Waals surface area (Å²) in [6, 6.07) is 8.78. The van der Waals surface area contributed by atoms with E-state index < -0.39 is 0 Å². The molecule has 1 aromatic rings. The Bertz CT molecular complexity index is 312. The molecule has 0 saturated carbocycles. The van der Waals surface area contributed by atoms with Gasteiger partial charge in [0.25, 0.3) is 0 Å². The van der Waals surface area contributed by atoms with Crippen LogP contribution in [0.25, 0.3) is 0 Å². The third-order valence-electron chi connectivity index (χ3n) is 1.69. The monoisotopic (exact) mass is 178 g/mol. The van der Waals surface area contributed by atoms with Gasteiger partial charge in [-0.2, -0.15) is 0 Å². The van der Waals surface area contributed by atoms with Crippen LogP contribution in [0, 0.1) is 0 Å². The van der Waals surface area contributed by atoms with E-state index in [1.165, 1.54) is 0 Å². The molecule has 0 atom stereocenters. The number of rotatable bonds is 4. The van der Waals surface area contributed by atoms with Crippen LogP contribution in [0.2, 0.25) is 0 Å². The minimum absolute atomic E-state index is 0.0288. The Kier molecular flexibility index (Phi) is 3.99. The van der Waals surface area contributed by atoms with Crippen molar-refractivity contribution in [1.29, 1.82) is 0 Å². The molecule has 2 N–H and O–H groups in total. The predicted octanol–water partition coefficient (Wildman–Crippen LogP) is 0.678. The second-order valence-corrected chi connectivity index (χ2v) is 2.72. The summed E-state index contributed by atoms with van der Waals surface area (Å²) in [6.07, 6.45) is 0. The van der Waals surface area contributed by atoms with E-state index in [1.54, 1.807) is 18.2 Å². The van der Waals surface area contributed by atoms with E-state index in [0.29, 0.717) is 5.69 Å². The summed E-state index contributed by atoms with van der Waals surface area (Å²) < 4.78 is 0. The van der Waals surface area contributed by atoms with Gasteiger partial charge in [-0.1, -0.05) is 18.2 Å². The third-order valence-corrected chi connectivity index (χ3v) is 1.69. The smallest absolute Gasteiger partial charge is 0.201 e. The standard InChI is InChI=1S/C10H14N2O/c1-11-7-8-12-9-5-3-2-4-6-10(9)13/h2-6,11H,7-8H2,1H3,(H,12,13). The van der Waals surface area contributed by atoms with E-state index in [4.69, 9.17) is 0 Å². The average molecular weight is 178 g/mol. The molecule has 3 heteroatoms. The Morgan fingerprint density at radius 1 is 1.15 bits per heavy atom. The molecule has 0 aliphatic heterocycles. The van der Waals surface area contributed by atoms with Gasteiger partial charge in [0.2, 0.25) is 5.43 Å². The largest absolute Gasteiger partial charge is 0.381 e. The van der Waals surface area contributed by atoms with Crippen molar-refractivity contribution >= 4 is 5.69 Å². The Hall–Kier alpha value is -1.35. The van der Waals surface area contributed by atoms with Crippen LogP contribution in [0.4, 0.5) is 5.69 Å². The lowest BCUT2D eigenvalue weighted by Crippen LogP contribution is -2.20. The topological polar surface area (TPSA) is 41.1 Å². The highest BCUT2D eigenvalue weighted by atomic mass is 16.1. The van der Waals surface area contributed by atoms with Gasteiger partial charge in [-0.25, -0.2) is 0 Å². The van der Waals surface area contributed by atoms with Crippen LogP contribution < -0.4 is 16.1 Å². The molecule has 0 bridgehead atoms. The molecule has 0 unspecified atom stereocenters. The second-order valence-electron chi connectivity index (χ2n) is 2.72. The van der Waals surface area contributed by atoms with E-state index in [-0.39, 0.29) is 5.43 Å². The molecule has 0 aliphatic rings. The van der Waals surface area contributed by atoms with Crippen LogP contribution in [-0.2, 0) is 0 Å². The van der Waals surface area contributed by atoms with E-state index in [1.807, 2.05) is 19.2 Å². The van der Waals surface area contributed by atoms with E-state index in [9.17, 15) is 4.79 Å². The van der Waals surface area contributed by atoms with Gasteiger partial charge >= 0.3 is 0 Å². The summed E-state index contributed by atoms with van der Waals surface area (Å²) in [5.41, 5.74) is 0.682. The SMILES string of the molecule is CNCCNc1cccccc1=O. The lowest BCUT2D eigenvalue weighted by molar-refractivity contribution is 0.823. The van der Waals surface area contributed by atoms with Gasteiger partial charge in [-0.05, 0) is 19.2 Å². The third kappa shape index (κ3) is 3.25. The molecular weight excluding hydrogens is 164 g/mol. The number of anilines is 1. The molecule has 0 aromatic heterocycles. The summed E-state index contributed by atoms with van der Waals surface area (Å²) in [7, 11) is 1.88. The molecule has 1 aromatic carbocycles. The van der Waals surface area contributed by atoms with Gasteiger partial charge in [-0.3, -0.25) is 4.79 Å². The fourth-order valence-electron chi connectivity index (χ4n) is 0.999. The zero-order valence-corrected chi connectivity index (χ0v) is 7.71. The summed E-state index contributed by atoms with van der Waals surface area (Å²) in [6.45, 7) is 1.60. The van der Waals surface area contributed by atoms with Crippen LogP contribution >= 0.6 is 0 Å². The van der Waals surface area contributed by atoms with Crippen LogP contribution in [-0.4, -0.2) is 20.1 Å². The maximum absolute atomic E-state index is 11.3. The molecule has 70 valence electrons. The highest BCUT2D eigenvalue weighted by molar-refractivity contribution is 5.41. The molecule has 0 fully saturated rings. The molecule has 0 aliphatic carbocycles. The maximum Gasteiger partial charge on any atom is 0.201 e. The highest BCUT2D eigenvalue weighted by Gasteiger charge is 1.92. The van der Waals surface area contributed by atoms with E-state index in [0.717, 1.165) is 13.1 Å². The molecule has 13 heavy (non-hydrogen) atoms. The second kappa shape index (κ2) is 5.32. The minimum Gasteiger partial charge on any atom is -0.381 e. The molecular formula is C10H14N2O. The van der Waals surface area contributed by atoms with Crippen molar-refractivity contribution in [3.63, 3.8) is 0 Å². The molecule has 1 rings (SSSR count). The first-order chi connectivity index (χ1) is 6.34. The van der Waals surface area contributed by atoms with Gasteiger partial charge < -0.3 is 10.6 Å². The zero-order valence-electron chi connectivity index (χ0n) is 7.71. The Morgan fingerprint density at radius 3 is 2.69 bits per heavy atom. The molecule has 3 nitrogen and oxygen atoms in total. The van der Waals surface area contributed by atoms with Gasteiger partial charge in [0.15, 0.2) is 0 Å². The van der Waals surface area contributed by atoms with E-state index >= 15 is 0 Å². The molecule has 0 radical (unpaired) electrons. The Morgan fingerprint density at radius 2 is 1.92 bits per heavy atom. The fraction of sp³-hybridized carbons (Fsp3) is 0.300. The van der Waals surface area contributed by atoms with Gasteiger partial charge in [0.05, 0.1) is 5.69 Å². The Labute approximate surface area is 77.8 Å². The quantitative estimate of drug-likeness (QED) is 0.666. The number of hydrogen-bond acceptors (Lipinski definition) is 3. The number of hydrogen-bond donors (Lipinski definition) is 2.